The predicted molar refractivity (Wildman–Crippen MR) is 81.3 cm³/mol. The van der Waals surface area contributed by atoms with Crippen LogP contribution < -0.4 is 0 Å². The van der Waals surface area contributed by atoms with E-state index in [2.05, 4.69) is 54.1 Å². The molecule has 0 radical (unpaired) electrons. The van der Waals surface area contributed by atoms with E-state index in [9.17, 15) is 0 Å². The molecule has 0 saturated carbocycles. The largest absolute Gasteiger partial charge is 0.230 e. The maximum Gasteiger partial charge on any atom is 0.152 e. The van der Waals surface area contributed by atoms with Crippen LogP contribution in [0.3, 0.4) is 0 Å². The number of para-hydroxylation sites is 1. The standard InChI is InChI=1S/C15H13NS2/c1-2-15(10-6-3-7-11-15)18-14-16-12-8-4-5-9-13(12)17-14/h2-10H,1,11H2. The van der Waals surface area contributed by atoms with E-state index in [-0.39, 0.29) is 4.75 Å². The number of benzene rings is 1. The molecule has 3 heteroatoms. The summed E-state index contributed by atoms with van der Waals surface area (Å²) >= 11 is 3.54. The van der Waals surface area contributed by atoms with Crippen molar-refractivity contribution < 1.29 is 0 Å². The summed E-state index contributed by atoms with van der Waals surface area (Å²) in [7, 11) is 0. The number of thioether (sulfide) groups is 1. The van der Waals surface area contributed by atoms with Gasteiger partial charge in [-0.1, -0.05) is 54.3 Å². The van der Waals surface area contributed by atoms with Gasteiger partial charge < -0.3 is 0 Å². The molecular weight excluding hydrogens is 258 g/mol. The lowest BCUT2D eigenvalue weighted by atomic mass is 10.0. The molecule has 0 aliphatic heterocycles. The van der Waals surface area contributed by atoms with Crippen molar-refractivity contribution in [2.75, 3.05) is 0 Å². The van der Waals surface area contributed by atoms with Crippen molar-refractivity contribution >= 4 is 33.3 Å². The van der Waals surface area contributed by atoms with E-state index in [1.807, 2.05) is 12.1 Å². The van der Waals surface area contributed by atoms with Crippen LogP contribution in [0.1, 0.15) is 6.42 Å². The Bertz CT molecular complexity index is 606. The van der Waals surface area contributed by atoms with E-state index in [0.29, 0.717) is 0 Å². The number of thiazole rings is 1. The van der Waals surface area contributed by atoms with Gasteiger partial charge in [0.1, 0.15) is 0 Å². The maximum absolute atomic E-state index is 4.68. The van der Waals surface area contributed by atoms with Gasteiger partial charge in [0, 0.05) is 0 Å². The molecule has 1 aromatic heterocycles. The molecule has 0 N–H and O–H groups in total. The van der Waals surface area contributed by atoms with Crippen LogP contribution >= 0.6 is 23.1 Å². The maximum atomic E-state index is 4.68. The van der Waals surface area contributed by atoms with Gasteiger partial charge in [0.05, 0.1) is 15.0 Å². The first-order valence-electron chi connectivity index (χ1n) is 5.84. The summed E-state index contributed by atoms with van der Waals surface area (Å²) in [5, 5.41) is 0. The number of fused-ring (bicyclic) bond motifs is 1. The van der Waals surface area contributed by atoms with Crippen LogP contribution in [0.2, 0.25) is 0 Å². The third kappa shape index (κ3) is 2.16. The molecule has 1 heterocycles. The summed E-state index contributed by atoms with van der Waals surface area (Å²) in [6.07, 6.45) is 11.6. The number of aromatic nitrogens is 1. The minimum absolute atomic E-state index is 0.0391. The van der Waals surface area contributed by atoms with Crippen molar-refractivity contribution in [3.8, 4) is 0 Å². The molecule has 0 bridgehead atoms. The Morgan fingerprint density at radius 2 is 2.22 bits per heavy atom. The van der Waals surface area contributed by atoms with Crippen LogP contribution in [-0.2, 0) is 0 Å². The smallest absolute Gasteiger partial charge is 0.152 e. The Labute approximate surface area is 115 Å². The van der Waals surface area contributed by atoms with Gasteiger partial charge in [0.15, 0.2) is 4.34 Å². The molecule has 1 unspecified atom stereocenters. The molecule has 3 rings (SSSR count). The topological polar surface area (TPSA) is 12.9 Å². The van der Waals surface area contributed by atoms with E-state index in [1.54, 1.807) is 23.1 Å². The van der Waals surface area contributed by atoms with Crippen molar-refractivity contribution in [2.24, 2.45) is 0 Å². The second-order valence-corrected chi connectivity index (χ2v) is 6.84. The van der Waals surface area contributed by atoms with Crippen molar-refractivity contribution in [3.63, 3.8) is 0 Å². The van der Waals surface area contributed by atoms with Gasteiger partial charge in [-0.15, -0.1) is 17.9 Å². The fourth-order valence-electron chi connectivity index (χ4n) is 1.94. The lowest BCUT2D eigenvalue weighted by molar-refractivity contribution is 0.882. The van der Waals surface area contributed by atoms with Crippen LogP contribution in [0, 0.1) is 0 Å². The van der Waals surface area contributed by atoms with Gasteiger partial charge in [-0.2, -0.15) is 0 Å². The molecule has 0 saturated heterocycles. The summed E-state index contributed by atoms with van der Waals surface area (Å²) in [5.74, 6) is 0. The highest BCUT2D eigenvalue weighted by molar-refractivity contribution is 8.02. The molecule has 90 valence electrons. The summed E-state index contributed by atoms with van der Waals surface area (Å²) in [6, 6.07) is 8.27. The molecule has 0 spiro atoms. The number of nitrogens with zero attached hydrogens (tertiary/aromatic N) is 1. The molecule has 0 fully saturated rings. The molecule has 0 amide bonds. The molecule has 18 heavy (non-hydrogen) atoms. The van der Waals surface area contributed by atoms with Crippen molar-refractivity contribution in [1.29, 1.82) is 0 Å². The summed E-state index contributed by atoms with van der Waals surface area (Å²) < 4.78 is 2.31. The van der Waals surface area contributed by atoms with E-state index in [1.165, 1.54) is 4.70 Å². The zero-order valence-electron chi connectivity index (χ0n) is 9.87. The first-order chi connectivity index (χ1) is 8.81. The monoisotopic (exact) mass is 271 g/mol. The van der Waals surface area contributed by atoms with Crippen molar-refractivity contribution in [1.82, 2.24) is 4.98 Å². The molecule has 1 aliphatic carbocycles. The average molecular weight is 271 g/mol. The number of hydrogen-bond acceptors (Lipinski definition) is 3. The van der Waals surface area contributed by atoms with Gasteiger partial charge in [-0.3, -0.25) is 0 Å². The van der Waals surface area contributed by atoms with Crippen LogP contribution in [-0.4, -0.2) is 9.73 Å². The molecule has 1 atom stereocenters. The fourth-order valence-corrected chi connectivity index (χ4v) is 4.42. The number of rotatable bonds is 3. The minimum atomic E-state index is -0.0391. The Hall–Kier alpha value is -1.32. The first kappa shape index (κ1) is 11.8. The Balaban J connectivity index is 1.93. The van der Waals surface area contributed by atoms with E-state index in [0.717, 1.165) is 16.3 Å². The highest BCUT2D eigenvalue weighted by Gasteiger charge is 2.26. The molecule has 1 nitrogen and oxygen atoms in total. The zero-order valence-corrected chi connectivity index (χ0v) is 11.5. The highest BCUT2D eigenvalue weighted by Crippen LogP contribution is 2.42. The summed E-state index contributed by atoms with van der Waals surface area (Å²) in [4.78, 5) is 4.68. The van der Waals surface area contributed by atoms with Crippen LogP contribution in [0.15, 0.2) is 65.6 Å². The fraction of sp³-hybridized carbons (Fsp3) is 0.133. The minimum Gasteiger partial charge on any atom is -0.230 e. The van der Waals surface area contributed by atoms with Gasteiger partial charge >= 0.3 is 0 Å². The van der Waals surface area contributed by atoms with Gasteiger partial charge in [-0.05, 0) is 18.6 Å². The predicted octanol–water partition coefficient (Wildman–Crippen LogP) is 4.83. The van der Waals surface area contributed by atoms with E-state index < -0.39 is 0 Å². The number of allylic oxidation sites excluding steroid dienone is 3. The second kappa shape index (κ2) is 4.75. The lowest BCUT2D eigenvalue weighted by Gasteiger charge is -2.25. The molecular formula is C15H13NS2. The second-order valence-electron chi connectivity index (χ2n) is 4.20. The quantitative estimate of drug-likeness (QED) is 0.742. The Morgan fingerprint density at radius 1 is 1.33 bits per heavy atom. The van der Waals surface area contributed by atoms with Crippen LogP contribution in [0.4, 0.5) is 0 Å². The number of hydrogen-bond donors (Lipinski definition) is 0. The van der Waals surface area contributed by atoms with Gasteiger partial charge in [-0.25, -0.2) is 4.98 Å². The summed E-state index contributed by atoms with van der Waals surface area (Å²) in [5.41, 5.74) is 1.08. The molecule has 2 aromatic rings. The Kier molecular flexibility index (Phi) is 3.10. The van der Waals surface area contributed by atoms with E-state index >= 15 is 0 Å². The van der Waals surface area contributed by atoms with Crippen molar-refractivity contribution in [2.45, 2.75) is 15.5 Å². The van der Waals surface area contributed by atoms with Crippen LogP contribution in [0.5, 0.6) is 0 Å². The normalized spacial score (nSPS) is 22.4. The molecule has 1 aliphatic rings. The zero-order chi connectivity index (χ0) is 12.4. The third-order valence-electron chi connectivity index (χ3n) is 2.96. The van der Waals surface area contributed by atoms with Crippen molar-refractivity contribution in [3.05, 3.63) is 61.2 Å². The van der Waals surface area contributed by atoms with Crippen LogP contribution in [0.25, 0.3) is 10.2 Å². The lowest BCUT2D eigenvalue weighted by Crippen LogP contribution is -2.18. The van der Waals surface area contributed by atoms with E-state index in [4.69, 9.17) is 0 Å². The van der Waals surface area contributed by atoms with Gasteiger partial charge in [0.2, 0.25) is 0 Å². The Morgan fingerprint density at radius 3 is 2.94 bits per heavy atom. The SMILES string of the molecule is C=CC1(Sc2nc3ccccc3s2)C=CC=CC1. The van der Waals surface area contributed by atoms with Gasteiger partial charge in [0.25, 0.3) is 0 Å². The summed E-state index contributed by atoms with van der Waals surface area (Å²) in [6.45, 7) is 3.98. The average Bonchev–Trinajstić information content (AvgIpc) is 2.81. The third-order valence-corrected chi connectivity index (χ3v) is 5.41. The highest BCUT2D eigenvalue weighted by atomic mass is 32.2. The molecule has 1 aromatic carbocycles. The first-order valence-corrected chi connectivity index (χ1v) is 7.47.